The number of carbonyl (C=O) groups excluding carboxylic acids is 1. The van der Waals surface area contributed by atoms with Crippen LogP contribution in [0.5, 0.6) is 0 Å². The molecule has 0 atom stereocenters. The lowest BCUT2D eigenvalue weighted by atomic mass is 10.2. The van der Waals surface area contributed by atoms with Gasteiger partial charge in [-0.1, -0.05) is 13.8 Å². The highest BCUT2D eigenvalue weighted by Crippen LogP contribution is 1.96. The second-order valence-electron chi connectivity index (χ2n) is 3.44. The van der Waals surface area contributed by atoms with Gasteiger partial charge in [0.2, 0.25) is 5.91 Å². The van der Waals surface area contributed by atoms with Crippen LogP contribution in [0, 0.1) is 11.1 Å². The maximum atomic E-state index is 11.2. The zero-order valence-corrected chi connectivity index (χ0v) is 8.36. The molecule has 0 aliphatic rings. The van der Waals surface area contributed by atoms with Gasteiger partial charge in [-0.3, -0.25) is 4.79 Å². The molecule has 0 spiro atoms. The molecule has 1 aromatic rings. The molecule has 0 bridgehead atoms. The number of carbonyl (C=O) groups is 1. The first-order valence-electron chi connectivity index (χ1n) is 4.55. The number of rotatable bonds is 3. The number of nitrogens with one attached hydrogen (secondary N) is 1. The molecule has 0 aliphatic heterocycles. The van der Waals surface area contributed by atoms with Crippen LogP contribution in [-0.4, -0.2) is 5.91 Å². The molecule has 0 fully saturated rings. The minimum atomic E-state index is -0.0110. The first-order chi connectivity index (χ1) is 6.59. The van der Waals surface area contributed by atoms with Crippen molar-refractivity contribution in [1.29, 1.82) is 0 Å². The second-order valence-corrected chi connectivity index (χ2v) is 3.44. The molecule has 0 aliphatic carbocycles. The van der Waals surface area contributed by atoms with Crippen LogP contribution in [0.1, 0.15) is 19.4 Å². The summed E-state index contributed by atoms with van der Waals surface area (Å²) in [5.41, 5.74) is 0.922. The standard InChI is InChI=1S/C10H14N2O2/c1-8(2)10(13)11-7-9-3-5-12(14)6-4-9/h3-6,8H,7H2,1-2H3,(H,11,13). The lowest BCUT2D eigenvalue weighted by molar-refractivity contribution is -0.605. The number of aromatic nitrogens is 1. The highest BCUT2D eigenvalue weighted by molar-refractivity contribution is 5.77. The van der Waals surface area contributed by atoms with Crippen LogP contribution in [0.2, 0.25) is 0 Å². The first-order valence-corrected chi connectivity index (χ1v) is 4.55. The van der Waals surface area contributed by atoms with Crippen LogP contribution < -0.4 is 10.0 Å². The average Bonchev–Trinajstić information content (AvgIpc) is 2.16. The third-order valence-corrected chi connectivity index (χ3v) is 1.86. The van der Waals surface area contributed by atoms with Crippen LogP contribution in [0.4, 0.5) is 0 Å². The molecule has 76 valence electrons. The molecule has 4 heteroatoms. The van der Waals surface area contributed by atoms with Gasteiger partial charge in [-0.2, -0.15) is 4.73 Å². The Morgan fingerprint density at radius 3 is 2.57 bits per heavy atom. The fourth-order valence-electron chi connectivity index (χ4n) is 0.955. The topological polar surface area (TPSA) is 56.0 Å². The zero-order valence-electron chi connectivity index (χ0n) is 8.36. The average molecular weight is 194 g/mol. The molecular formula is C10H14N2O2. The van der Waals surface area contributed by atoms with E-state index in [1.54, 1.807) is 12.1 Å². The zero-order chi connectivity index (χ0) is 10.6. The minimum Gasteiger partial charge on any atom is -0.619 e. The number of hydrogen-bond acceptors (Lipinski definition) is 2. The Balaban J connectivity index is 2.46. The maximum Gasteiger partial charge on any atom is 0.222 e. The SMILES string of the molecule is CC(C)C(=O)NCc1cc[n+]([O-])cc1. The van der Waals surface area contributed by atoms with Gasteiger partial charge >= 0.3 is 0 Å². The van der Waals surface area contributed by atoms with Crippen molar-refractivity contribution >= 4 is 5.91 Å². The fourth-order valence-corrected chi connectivity index (χ4v) is 0.955. The Morgan fingerprint density at radius 2 is 2.07 bits per heavy atom. The lowest BCUT2D eigenvalue weighted by Gasteiger charge is -2.06. The van der Waals surface area contributed by atoms with Crippen LogP contribution in [0.15, 0.2) is 24.5 Å². The predicted molar refractivity (Wildman–Crippen MR) is 52.1 cm³/mol. The Kier molecular flexibility index (Phi) is 3.45. The van der Waals surface area contributed by atoms with Crippen molar-refractivity contribution in [2.75, 3.05) is 0 Å². The summed E-state index contributed by atoms with van der Waals surface area (Å²) in [6.07, 6.45) is 2.83. The molecule has 4 nitrogen and oxygen atoms in total. The number of nitrogens with zero attached hydrogens (tertiary/aromatic N) is 1. The van der Waals surface area contributed by atoms with Crippen molar-refractivity contribution < 1.29 is 9.52 Å². The molecule has 1 heterocycles. The van der Waals surface area contributed by atoms with Crippen LogP contribution in [0.25, 0.3) is 0 Å². The van der Waals surface area contributed by atoms with Crippen LogP contribution in [0.3, 0.4) is 0 Å². The van der Waals surface area contributed by atoms with Gasteiger partial charge in [0.05, 0.1) is 0 Å². The third kappa shape index (κ3) is 3.05. The highest BCUT2D eigenvalue weighted by Gasteiger charge is 2.05. The summed E-state index contributed by atoms with van der Waals surface area (Å²) in [5, 5.41) is 13.5. The smallest absolute Gasteiger partial charge is 0.222 e. The van der Waals surface area contributed by atoms with E-state index in [9.17, 15) is 10.0 Å². The summed E-state index contributed by atoms with van der Waals surface area (Å²) < 4.78 is 0.716. The number of hydrogen-bond donors (Lipinski definition) is 1. The van der Waals surface area contributed by atoms with Crippen molar-refractivity contribution in [2.24, 2.45) is 5.92 Å². The second kappa shape index (κ2) is 4.60. The molecule has 0 saturated heterocycles. The Labute approximate surface area is 83.1 Å². The van der Waals surface area contributed by atoms with Gasteiger partial charge in [-0.25, -0.2) is 0 Å². The van der Waals surface area contributed by atoms with Gasteiger partial charge < -0.3 is 10.5 Å². The summed E-state index contributed by atoms with van der Waals surface area (Å²) >= 11 is 0. The van der Waals surface area contributed by atoms with Gasteiger partial charge in [-0.05, 0) is 5.56 Å². The maximum absolute atomic E-state index is 11.2. The molecule has 1 N–H and O–H groups in total. The fraction of sp³-hybridized carbons (Fsp3) is 0.400. The summed E-state index contributed by atoms with van der Waals surface area (Å²) in [6, 6.07) is 3.38. The lowest BCUT2D eigenvalue weighted by Crippen LogP contribution is -2.28. The summed E-state index contributed by atoms with van der Waals surface area (Å²) in [6.45, 7) is 4.15. The van der Waals surface area contributed by atoms with Crippen molar-refractivity contribution in [1.82, 2.24) is 5.32 Å². The Hall–Kier alpha value is -1.58. The predicted octanol–water partition coefficient (Wildman–Crippen LogP) is 0.592. The van der Waals surface area contributed by atoms with Crippen LogP contribution >= 0.6 is 0 Å². The third-order valence-electron chi connectivity index (χ3n) is 1.86. The van der Waals surface area contributed by atoms with Crippen LogP contribution in [-0.2, 0) is 11.3 Å². The van der Waals surface area contributed by atoms with E-state index in [4.69, 9.17) is 0 Å². The van der Waals surface area contributed by atoms with E-state index in [-0.39, 0.29) is 11.8 Å². The summed E-state index contributed by atoms with van der Waals surface area (Å²) in [4.78, 5) is 11.2. The van der Waals surface area contributed by atoms with Crippen molar-refractivity contribution in [3.8, 4) is 0 Å². The highest BCUT2D eigenvalue weighted by atomic mass is 16.5. The molecule has 0 saturated carbocycles. The van der Waals surface area contributed by atoms with Gasteiger partial charge in [0, 0.05) is 24.6 Å². The quantitative estimate of drug-likeness (QED) is 0.565. The molecule has 1 aromatic heterocycles. The number of amides is 1. The molecule has 0 aromatic carbocycles. The minimum absolute atomic E-state index is 0.0110. The monoisotopic (exact) mass is 194 g/mol. The van der Waals surface area contributed by atoms with E-state index < -0.39 is 0 Å². The molecule has 1 amide bonds. The van der Waals surface area contributed by atoms with E-state index in [2.05, 4.69) is 5.32 Å². The van der Waals surface area contributed by atoms with E-state index in [1.807, 2.05) is 13.8 Å². The molecule has 14 heavy (non-hydrogen) atoms. The first kappa shape index (κ1) is 10.5. The van der Waals surface area contributed by atoms with E-state index >= 15 is 0 Å². The number of pyridine rings is 1. The Bertz CT molecular complexity index is 306. The van der Waals surface area contributed by atoms with Crippen molar-refractivity contribution in [3.63, 3.8) is 0 Å². The van der Waals surface area contributed by atoms with Crippen molar-refractivity contribution in [3.05, 3.63) is 35.3 Å². The van der Waals surface area contributed by atoms with Crippen molar-refractivity contribution in [2.45, 2.75) is 20.4 Å². The van der Waals surface area contributed by atoms with Gasteiger partial charge in [0.25, 0.3) is 0 Å². The van der Waals surface area contributed by atoms with E-state index in [0.717, 1.165) is 5.56 Å². The Morgan fingerprint density at radius 1 is 1.50 bits per heavy atom. The molecule has 0 radical (unpaired) electrons. The molecular weight excluding hydrogens is 180 g/mol. The largest absolute Gasteiger partial charge is 0.619 e. The van der Waals surface area contributed by atoms with Gasteiger partial charge in [0.1, 0.15) is 0 Å². The molecule has 0 unspecified atom stereocenters. The molecule has 1 rings (SSSR count). The van der Waals surface area contributed by atoms with Gasteiger partial charge in [0.15, 0.2) is 12.4 Å². The summed E-state index contributed by atoms with van der Waals surface area (Å²) in [5.74, 6) is 0.00649. The summed E-state index contributed by atoms with van der Waals surface area (Å²) in [7, 11) is 0. The normalized spacial score (nSPS) is 10.2. The van der Waals surface area contributed by atoms with E-state index in [1.165, 1.54) is 12.4 Å². The van der Waals surface area contributed by atoms with E-state index in [0.29, 0.717) is 11.3 Å². The van der Waals surface area contributed by atoms with Gasteiger partial charge in [-0.15, -0.1) is 0 Å².